The lowest BCUT2D eigenvalue weighted by Crippen LogP contribution is -2.52. The van der Waals surface area contributed by atoms with Crippen molar-refractivity contribution in [3.63, 3.8) is 0 Å². The highest BCUT2D eigenvalue weighted by Crippen LogP contribution is 2.27. The summed E-state index contributed by atoms with van der Waals surface area (Å²) in [4.78, 5) is 55.9. The van der Waals surface area contributed by atoms with Gasteiger partial charge in [-0.3, -0.25) is 19.7 Å². The highest BCUT2D eigenvalue weighted by Gasteiger charge is 2.30. The van der Waals surface area contributed by atoms with Crippen molar-refractivity contribution in [2.24, 2.45) is 0 Å². The van der Waals surface area contributed by atoms with E-state index in [4.69, 9.17) is 9.47 Å². The number of hydrogen-bond donors (Lipinski definition) is 2. The maximum absolute atomic E-state index is 12.6. The van der Waals surface area contributed by atoms with Crippen LogP contribution in [0.4, 0.5) is 10.5 Å². The minimum absolute atomic E-state index is 0.0997. The second-order valence-corrected chi connectivity index (χ2v) is 8.66. The molecular formula is C21H29N5O6. The SMILES string of the molecule is COc1nc(C(=O)N[C@@H]2CCC(=O)NC2=O)ccc1N1CCN(C(=O)OC(C)(C)C)CC1. The Labute approximate surface area is 186 Å². The zero-order valence-electron chi connectivity index (χ0n) is 18.8. The van der Waals surface area contributed by atoms with Gasteiger partial charge in [0.1, 0.15) is 23.0 Å². The molecular weight excluding hydrogens is 418 g/mol. The molecule has 0 radical (unpaired) electrons. The van der Waals surface area contributed by atoms with Crippen molar-refractivity contribution < 1.29 is 28.7 Å². The van der Waals surface area contributed by atoms with Crippen LogP contribution in [0, 0.1) is 0 Å². The summed E-state index contributed by atoms with van der Waals surface area (Å²) < 4.78 is 10.8. The topological polar surface area (TPSA) is 130 Å². The lowest BCUT2D eigenvalue weighted by Gasteiger charge is -2.37. The van der Waals surface area contributed by atoms with E-state index in [1.165, 1.54) is 7.11 Å². The van der Waals surface area contributed by atoms with E-state index in [1.54, 1.807) is 17.0 Å². The minimum atomic E-state index is -0.784. The lowest BCUT2D eigenvalue weighted by atomic mass is 10.1. The van der Waals surface area contributed by atoms with Crippen molar-refractivity contribution in [3.05, 3.63) is 17.8 Å². The summed E-state index contributed by atoms with van der Waals surface area (Å²) in [5, 5.41) is 4.80. The molecule has 11 heteroatoms. The molecule has 32 heavy (non-hydrogen) atoms. The number of piperidine rings is 1. The predicted octanol–water partition coefficient (Wildman–Crippen LogP) is 0.682. The van der Waals surface area contributed by atoms with Crippen LogP contribution in [-0.4, -0.2) is 78.6 Å². The highest BCUT2D eigenvalue weighted by molar-refractivity contribution is 6.03. The molecule has 1 atom stereocenters. The number of amides is 4. The first kappa shape index (κ1) is 23.3. The molecule has 2 aliphatic heterocycles. The van der Waals surface area contributed by atoms with Gasteiger partial charge in [0.15, 0.2) is 0 Å². The number of carbonyl (C=O) groups excluding carboxylic acids is 4. The number of nitrogens with one attached hydrogen (secondary N) is 2. The molecule has 2 N–H and O–H groups in total. The molecule has 1 aromatic rings. The third kappa shape index (κ3) is 5.65. The van der Waals surface area contributed by atoms with Crippen molar-refractivity contribution in [1.29, 1.82) is 0 Å². The lowest BCUT2D eigenvalue weighted by molar-refractivity contribution is -0.134. The Bertz CT molecular complexity index is 904. The van der Waals surface area contributed by atoms with Crippen molar-refractivity contribution in [3.8, 4) is 5.88 Å². The van der Waals surface area contributed by atoms with Crippen LogP contribution in [0.2, 0.25) is 0 Å². The van der Waals surface area contributed by atoms with Gasteiger partial charge in [-0.15, -0.1) is 0 Å². The number of ether oxygens (including phenoxy) is 2. The summed E-state index contributed by atoms with van der Waals surface area (Å²) in [6.45, 7) is 7.56. The number of rotatable bonds is 4. The number of anilines is 1. The highest BCUT2D eigenvalue weighted by atomic mass is 16.6. The number of aromatic nitrogens is 1. The van der Waals surface area contributed by atoms with Crippen molar-refractivity contribution in [2.75, 3.05) is 38.2 Å². The molecule has 1 aromatic heterocycles. The second-order valence-electron chi connectivity index (χ2n) is 8.66. The molecule has 174 valence electrons. The third-order valence-corrected chi connectivity index (χ3v) is 5.08. The fourth-order valence-electron chi connectivity index (χ4n) is 3.47. The van der Waals surface area contributed by atoms with Crippen molar-refractivity contribution in [1.82, 2.24) is 20.5 Å². The van der Waals surface area contributed by atoms with Gasteiger partial charge in [-0.1, -0.05) is 0 Å². The molecule has 0 aromatic carbocycles. The van der Waals surface area contributed by atoms with Gasteiger partial charge in [0.05, 0.1) is 7.11 Å². The molecule has 0 unspecified atom stereocenters. The maximum atomic E-state index is 12.6. The fourth-order valence-corrected chi connectivity index (χ4v) is 3.47. The normalized spacial score (nSPS) is 19.3. The van der Waals surface area contributed by atoms with Gasteiger partial charge in [-0.2, -0.15) is 0 Å². The van der Waals surface area contributed by atoms with E-state index in [0.29, 0.717) is 31.9 Å². The summed E-state index contributed by atoms with van der Waals surface area (Å²) in [5.41, 5.74) is 0.252. The smallest absolute Gasteiger partial charge is 0.410 e. The van der Waals surface area contributed by atoms with Crippen LogP contribution >= 0.6 is 0 Å². The number of carbonyl (C=O) groups is 4. The molecule has 3 heterocycles. The van der Waals surface area contributed by atoms with Gasteiger partial charge in [0, 0.05) is 32.6 Å². The first-order chi connectivity index (χ1) is 15.1. The molecule has 0 bridgehead atoms. The van der Waals surface area contributed by atoms with Crippen LogP contribution in [-0.2, 0) is 14.3 Å². The number of nitrogens with zero attached hydrogens (tertiary/aromatic N) is 3. The van der Waals surface area contributed by atoms with E-state index in [2.05, 4.69) is 15.6 Å². The number of imide groups is 1. The molecule has 0 saturated carbocycles. The van der Waals surface area contributed by atoms with Crippen molar-refractivity contribution >= 4 is 29.5 Å². The molecule has 2 saturated heterocycles. The van der Waals surface area contributed by atoms with E-state index in [1.807, 2.05) is 25.7 Å². The number of pyridine rings is 1. The summed E-state index contributed by atoms with van der Waals surface area (Å²) >= 11 is 0. The van der Waals surface area contributed by atoms with Crippen LogP contribution < -0.4 is 20.3 Å². The average molecular weight is 447 g/mol. The van der Waals surface area contributed by atoms with Crippen LogP contribution in [0.3, 0.4) is 0 Å². The third-order valence-electron chi connectivity index (χ3n) is 5.08. The summed E-state index contributed by atoms with van der Waals surface area (Å²) in [7, 11) is 1.46. The van der Waals surface area contributed by atoms with E-state index in [-0.39, 0.29) is 36.4 Å². The quantitative estimate of drug-likeness (QED) is 0.645. The van der Waals surface area contributed by atoms with E-state index < -0.39 is 23.5 Å². The van der Waals surface area contributed by atoms with Crippen molar-refractivity contribution in [2.45, 2.75) is 45.3 Å². The molecule has 11 nitrogen and oxygen atoms in total. The van der Waals surface area contributed by atoms with E-state index in [9.17, 15) is 19.2 Å². The minimum Gasteiger partial charge on any atom is -0.480 e. The van der Waals surface area contributed by atoms with E-state index >= 15 is 0 Å². The summed E-state index contributed by atoms with van der Waals surface area (Å²) in [5.74, 6) is -1.14. The second kappa shape index (κ2) is 9.41. The molecule has 0 aliphatic carbocycles. The first-order valence-corrected chi connectivity index (χ1v) is 10.5. The monoisotopic (exact) mass is 447 g/mol. The van der Waals surface area contributed by atoms with Gasteiger partial charge < -0.3 is 24.6 Å². The Kier molecular flexibility index (Phi) is 6.85. The van der Waals surface area contributed by atoms with Crippen LogP contribution in [0.15, 0.2) is 12.1 Å². The standard InChI is InChI=1S/C21H29N5O6/c1-21(2,3)32-20(30)26-11-9-25(10-12-26)15-7-5-14(23-19(15)31-4)17(28)22-13-6-8-16(27)24-18(13)29/h5,7,13H,6,8-12H2,1-4H3,(H,22,28)(H,24,27,29)/t13-/m1/s1. The molecule has 2 fully saturated rings. The average Bonchev–Trinajstić information content (AvgIpc) is 2.74. The molecule has 3 rings (SSSR count). The first-order valence-electron chi connectivity index (χ1n) is 10.5. The Balaban J connectivity index is 1.63. The number of piperazine rings is 1. The number of methoxy groups -OCH3 is 1. The predicted molar refractivity (Wildman–Crippen MR) is 114 cm³/mol. The fraction of sp³-hybridized carbons (Fsp3) is 0.571. The number of hydrogen-bond acceptors (Lipinski definition) is 8. The molecule has 0 spiro atoms. The Morgan fingerprint density at radius 3 is 2.44 bits per heavy atom. The van der Waals surface area contributed by atoms with Crippen LogP contribution in [0.5, 0.6) is 5.88 Å². The van der Waals surface area contributed by atoms with Gasteiger partial charge in [0.2, 0.25) is 17.7 Å². The Morgan fingerprint density at radius 1 is 1.16 bits per heavy atom. The maximum Gasteiger partial charge on any atom is 0.410 e. The summed E-state index contributed by atoms with van der Waals surface area (Å²) in [6, 6.07) is 2.50. The molecule has 2 aliphatic rings. The van der Waals surface area contributed by atoms with Crippen LogP contribution in [0.25, 0.3) is 0 Å². The van der Waals surface area contributed by atoms with Gasteiger partial charge >= 0.3 is 6.09 Å². The largest absolute Gasteiger partial charge is 0.480 e. The zero-order valence-corrected chi connectivity index (χ0v) is 18.8. The van der Waals surface area contributed by atoms with Gasteiger partial charge in [-0.05, 0) is 39.3 Å². The Morgan fingerprint density at radius 2 is 1.84 bits per heavy atom. The van der Waals surface area contributed by atoms with Gasteiger partial charge in [0.25, 0.3) is 5.91 Å². The zero-order chi connectivity index (χ0) is 23.5. The van der Waals surface area contributed by atoms with Gasteiger partial charge in [-0.25, -0.2) is 9.78 Å². The summed E-state index contributed by atoms with van der Waals surface area (Å²) in [6.07, 6.45) is 0.0672. The van der Waals surface area contributed by atoms with E-state index in [0.717, 1.165) is 0 Å². The van der Waals surface area contributed by atoms with Crippen LogP contribution in [0.1, 0.15) is 44.1 Å². The molecule has 4 amide bonds. The Hall–Kier alpha value is -3.37.